The third-order valence-electron chi connectivity index (χ3n) is 2.75. The lowest BCUT2D eigenvalue weighted by atomic mass is 10.1. The van der Waals surface area contributed by atoms with Gasteiger partial charge in [-0.3, -0.25) is 0 Å². The van der Waals surface area contributed by atoms with E-state index in [9.17, 15) is 0 Å². The lowest BCUT2D eigenvalue weighted by Gasteiger charge is -2.16. The molecule has 0 aromatic heterocycles. The van der Waals surface area contributed by atoms with Gasteiger partial charge in [0.2, 0.25) is 0 Å². The number of rotatable bonds is 12. The van der Waals surface area contributed by atoms with Crippen LogP contribution in [0.5, 0.6) is 0 Å². The smallest absolute Gasteiger partial charge is 0.157 e. The van der Waals surface area contributed by atoms with E-state index < -0.39 is 0 Å². The molecule has 0 aliphatic carbocycles. The highest BCUT2D eigenvalue weighted by Gasteiger charge is 2.06. The molecule has 0 rings (SSSR count). The van der Waals surface area contributed by atoms with Gasteiger partial charge in [-0.15, -0.1) is 0 Å². The lowest BCUT2D eigenvalue weighted by Crippen LogP contribution is -2.17. The van der Waals surface area contributed by atoms with Crippen LogP contribution in [-0.2, 0) is 9.47 Å². The van der Waals surface area contributed by atoms with Crippen molar-refractivity contribution in [1.29, 1.82) is 0 Å². The number of hydrogen-bond donors (Lipinski definition) is 0. The summed E-state index contributed by atoms with van der Waals surface area (Å²) < 4.78 is 11.0. The summed E-state index contributed by atoms with van der Waals surface area (Å²) in [6.45, 7) is 7.97. The third kappa shape index (κ3) is 10.6. The molecule has 0 fully saturated rings. The quantitative estimate of drug-likeness (QED) is 0.299. The lowest BCUT2D eigenvalue weighted by molar-refractivity contribution is -0.140. The van der Waals surface area contributed by atoms with Crippen molar-refractivity contribution in [3.05, 3.63) is 0 Å². The first-order chi connectivity index (χ1) is 7.85. The van der Waals surface area contributed by atoms with Crippen LogP contribution in [0.1, 0.15) is 52.4 Å². The summed E-state index contributed by atoms with van der Waals surface area (Å²) >= 11 is 0. The van der Waals surface area contributed by atoms with Gasteiger partial charge in [0.05, 0.1) is 0 Å². The monoisotopic (exact) mass is 246 g/mol. The van der Waals surface area contributed by atoms with E-state index in [1.54, 1.807) is 0 Å². The molecule has 0 saturated heterocycles. The largest absolute Gasteiger partial charge is 0.353 e. The van der Waals surface area contributed by atoms with Crippen LogP contribution in [0, 0.1) is 0 Å². The molecule has 0 N–H and O–H groups in total. The van der Waals surface area contributed by atoms with Crippen molar-refractivity contribution in [3.63, 3.8) is 0 Å². The van der Waals surface area contributed by atoms with E-state index in [4.69, 9.17) is 9.47 Å². The molecule has 0 radical (unpaired) electrons. The van der Waals surface area contributed by atoms with Gasteiger partial charge in [0, 0.05) is 22.7 Å². The minimum Gasteiger partial charge on any atom is -0.353 e. The maximum Gasteiger partial charge on any atom is 0.157 e. The molecule has 0 aromatic carbocycles. The first-order valence-corrected chi connectivity index (χ1v) is 9.49. The second-order valence-corrected chi connectivity index (χ2v) is 5.96. The molecule has 0 bridgehead atoms. The number of ether oxygens (including phenoxy) is 2. The zero-order valence-electron chi connectivity index (χ0n) is 11.5. The summed E-state index contributed by atoms with van der Waals surface area (Å²) in [7, 11) is 0.308. The first kappa shape index (κ1) is 16.1. The predicted molar refractivity (Wildman–Crippen MR) is 74.0 cm³/mol. The second-order valence-electron chi connectivity index (χ2n) is 4.25. The minimum absolute atomic E-state index is 0.0399. The SMILES string of the molecule is CCOC(CCCCCCC[SiH2]C)OCC. The third-order valence-corrected chi connectivity index (χ3v) is 3.96. The highest BCUT2D eigenvalue weighted by molar-refractivity contribution is 6.33. The van der Waals surface area contributed by atoms with Crippen molar-refractivity contribution in [3.8, 4) is 0 Å². The molecular weight excluding hydrogens is 216 g/mol. The van der Waals surface area contributed by atoms with Crippen LogP contribution in [0.3, 0.4) is 0 Å². The Bertz CT molecular complexity index is 125. The van der Waals surface area contributed by atoms with E-state index in [2.05, 4.69) is 6.55 Å². The summed E-state index contributed by atoms with van der Waals surface area (Å²) in [5, 5.41) is 0. The molecular formula is C13H30O2Si. The summed E-state index contributed by atoms with van der Waals surface area (Å²) in [6, 6.07) is 1.53. The van der Waals surface area contributed by atoms with E-state index in [0.29, 0.717) is 9.52 Å². The molecule has 0 heterocycles. The predicted octanol–water partition coefficient (Wildman–Crippen LogP) is 3.36. The van der Waals surface area contributed by atoms with Crippen molar-refractivity contribution in [2.45, 2.75) is 71.3 Å². The van der Waals surface area contributed by atoms with E-state index in [1.807, 2.05) is 13.8 Å². The van der Waals surface area contributed by atoms with Gasteiger partial charge in [-0.2, -0.15) is 0 Å². The summed E-state index contributed by atoms with van der Waals surface area (Å²) in [5.74, 6) is 0. The fourth-order valence-corrected chi connectivity index (χ4v) is 2.71. The van der Waals surface area contributed by atoms with Crippen LogP contribution in [0.2, 0.25) is 12.6 Å². The average molecular weight is 246 g/mol. The van der Waals surface area contributed by atoms with Crippen LogP contribution in [0.4, 0.5) is 0 Å². The van der Waals surface area contributed by atoms with Gasteiger partial charge in [-0.1, -0.05) is 38.3 Å². The first-order valence-electron chi connectivity index (χ1n) is 7.08. The molecule has 98 valence electrons. The van der Waals surface area contributed by atoms with Crippen LogP contribution in [0.15, 0.2) is 0 Å². The molecule has 0 amide bonds. The minimum atomic E-state index is 0.0399. The van der Waals surface area contributed by atoms with Gasteiger partial charge >= 0.3 is 0 Å². The average Bonchev–Trinajstić information content (AvgIpc) is 2.28. The Morgan fingerprint density at radius 3 is 2.00 bits per heavy atom. The Labute approximate surface area is 104 Å². The van der Waals surface area contributed by atoms with Crippen LogP contribution in [-0.4, -0.2) is 29.0 Å². The molecule has 0 aliphatic rings. The van der Waals surface area contributed by atoms with Gasteiger partial charge in [0.1, 0.15) is 0 Å². The van der Waals surface area contributed by atoms with Gasteiger partial charge in [-0.25, -0.2) is 0 Å². The number of unbranched alkanes of at least 4 members (excludes halogenated alkanes) is 4. The molecule has 0 atom stereocenters. The fraction of sp³-hybridized carbons (Fsp3) is 1.00. The highest BCUT2D eigenvalue weighted by atomic mass is 28.2. The van der Waals surface area contributed by atoms with Gasteiger partial charge < -0.3 is 9.47 Å². The molecule has 0 aliphatic heterocycles. The molecule has 0 spiro atoms. The maximum absolute atomic E-state index is 5.51. The van der Waals surface area contributed by atoms with Crippen molar-refractivity contribution in [1.82, 2.24) is 0 Å². The van der Waals surface area contributed by atoms with Crippen molar-refractivity contribution < 1.29 is 9.47 Å². The Hall–Kier alpha value is 0.137. The topological polar surface area (TPSA) is 18.5 Å². The van der Waals surface area contributed by atoms with Crippen molar-refractivity contribution in [2.24, 2.45) is 0 Å². The second kappa shape index (κ2) is 13.2. The van der Waals surface area contributed by atoms with Crippen LogP contribution < -0.4 is 0 Å². The van der Waals surface area contributed by atoms with Gasteiger partial charge in [0.25, 0.3) is 0 Å². The van der Waals surface area contributed by atoms with Crippen molar-refractivity contribution in [2.75, 3.05) is 13.2 Å². The summed E-state index contributed by atoms with van der Waals surface area (Å²) in [4.78, 5) is 0. The summed E-state index contributed by atoms with van der Waals surface area (Å²) in [5.41, 5.74) is 0. The Kier molecular flexibility index (Phi) is 13.3. The molecule has 0 aromatic rings. The maximum atomic E-state index is 5.51. The molecule has 16 heavy (non-hydrogen) atoms. The Morgan fingerprint density at radius 2 is 1.44 bits per heavy atom. The van der Waals surface area contributed by atoms with E-state index >= 15 is 0 Å². The summed E-state index contributed by atoms with van der Waals surface area (Å²) in [6.07, 6.45) is 7.95. The number of hydrogen-bond acceptors (Lipinski definition) is 2. The van der Waals surface area contributed by atoms with Crippen LogP contribution >= 0.6 is 0 Å². The molecule has 0 saturated carbocycles. The van der Waals surface area contributed by atoms with Crippen molar-refractivity contribution >= 4 is 9.52 Å². The molecule has 0 unspecified atom stereocenters. The molecule has 3 heteroatoms. The Balaban J connectivity index is 3.25. The van der Waals surface area contributed by atoms with Crippen LogP contribution in [0.25, 0.3) is 0 Å². The standard InChI is InChI=1S/C13H30O2Si/c1-4-14-13(15-5-2)11-9-7-6-8-10-12-16-3/h13H,4-12,16H2,1-3H3. The fourth-order valence-electron chi connectivity index (χ4n) is 1.85. The van der Waals surface area contributed by atoms with E-state index in [-0.39, 0.29) is 6.29 Å². The Morgan fingerprint density at radius 1 is 0.875 bits per heavy atom. The molecule has 2 nitrogen and oxygen atoms in total. The van der Waals surface area contributed by atoms with E-state index in [1.165, 1.54) is 38.1 Å². The highest BCUT2D eigenvalue weighted by Crippen LogP contribution is 2.11. The van der Waals surface area contributed by atoms with E-state index in [0.717, 1.165) is 19.6 Å². The van der Waals surface area contributed by atoms with Gasteiger partial charge in [-0.05, 0) is 26.7 Å². The van der Waals surface area contributed by atoms with Gasteiger partial charge in [0.15, 0.2) is 6.29 Å². The normalized spacial score (nSPS) is 12.0. The zero-order chi connectivity index (χ0) is 12.1. The zero-order valence-corrected chi connectivity index (χ0v) is 12.9.